The summed E-state index contributed by atoms with van der Waals surface area (Å²) < 4.78 is 8.69. The van der Waals surface area contributed by atoms with Crippen LogP contribution in [0.4, 0.5) is 0 Å². The summed E-state index contributed by atoms with van der Waals surface area (Å²) in [5.74, 6) is 0. The molecule has 0 bridgehead atoms. The van der Waals surface area contributed by atoms with Crippen LogP contribution in [0.3, 0.4) is 0 Å². The first kappa shape index (κ1) is 24.1. The average molecular weight is 553 g/mol. The Kier molecular flexibility index (Phi) is 5.44. The molecule has 0 saturated heterocycles. The number of thiophene rings is 1. The standard InChI is InChI=1S/C38H20N2OS/c39-21-23-8-5-9-24(22-40)36(23)27-19-25(28-12-6-15-33-37(28)30-10-1-3-14-32(30)41-33)18-26(20-27)29-13-7-17-35-38(29)31-11-2-4-16-34(31)42-35/h1-20H. The molecule has 2 heterocycles. The lowest BCUT2D eigenvalue weighted by Crippen LogP contribution is -1.92. The van der Waals surface area contributed by atoms with Crippen LogP contribution in [0.25, 0.3) is 75.5 Å². The van der Waals surface area contributed by atoms with Crippen molar-refractivity contribution in [1.82, 2.24) is 0 Å². The normalized spacial score (nSPS) is 11.3. The summed E-state index contributed by atoms with van der Waals surface area (Å²) >= 11 is 1.79. The summed E-state index contributed by atoms with van der Waals surface area (Å²) in [6.45, 7) is 0. The smallest absolute Gasteiger partial charge is 0.136 e. The van der Waals surface area contributed by atoms with Gasteiger partial charge in [0.1, 0.15) is 11.2 Å². The first-order chi connectivity index (χ1) is 20.7. The minimum absolute atomic E-state index is 0.475. The van der Waals surface area contributed by atoms with E-state index in [1.807, 2.05) is 30.3 Å². The molecule has 0 amide bonds. The molecule has 0 saturated carbocycles. The van der Waals surface area contributed by atoms with Gasteiger partial charge in [-0.25, -0.2) is 0 Å². The van der Waals surface area contributed by atoms with Crippen molar-refractivity contribution < 1.29 is 4.42 Å². The van der Waals surface area contributed by atoms with Gasteiger partial charge in [-0.05, 0) is 82.4 Å². The van der Waals surface area contributed by atoms with E-state index < -0.39 is 0 Å². The quantitative estimate of drug-likeness (QED) is 0.219. The number of hydrogen-bond donors (Lipinski definition) is 0. The topological polar surface area (TPSA) is 60.7 Å². The van der Waals surface area contributed by atoms with Crippen molar-refractivity contribution in [3.63, 3.8) is 0 Å². The lowest BCUT2D eigenvalue weighted by molar-refractivity contribution is 0.669. The van der Waals surface area contributed by atoms with Gasteiger partial charge in [0.15, 0.2) is 0 Å². The van der Waals surface area contributed by atoms with Crippen molar-refractivity contribution >= 4 is 53.4 Å². The summed E-state index contributed by atoms with van der Waals surface area (Å²) in [6, 6.07) is 45.6. The number of nitrogens with zero attached hydrogens (tertiary/aromatic N) is 2. The molecule has 0 unspecified atom stereocenters. The number of nitriles is 2. The first-order valence-electron chi connectivity index (χ1n) is 13.6. The Morgan fingerprint density at radius 1 is 0.500 bits per heavy atom. The van der Waals surface area contributed by atoms with Gasteiger partial charge in [0, 0.05) is 36.5 Å². The highest BCUT2D eigenvalue weighted by Gasteiger charge is 2.19. The second kappa shape index (κ2) is 9.46. The van der Waals surface area contributed by atoms with Crippen molar-refractivity contribution in [3.05, 3.63) is 132 Å². The third kappa shape index (κ3) is 3.64. The molecule has 3 nitrogen and oxygen atoms in total. The summed E-state index contributed by atoms with van der Waals surface area (Å²) in [6.07, 6.45) is 0. The van der Waals surface area contributed by atoms with E-state index in [1.54, 1.807) is 29.5 Å². The molecule has 4 heteroatoms. The fourth-order valence-electron chi connectivity index (χ4n) is 6.16. The third-order valence-electron chi connectivity index (χ3n) is 7.95. The van der Waals surface area contributed by atoms with Crippen molar-refractivity contribution in [1.29, 1.82) is 10.5 Å². The van der Waals surface area contributed by atoms with Crippen LogP contribution in [0.2, 0.25) is 0 Å². The predicted molar refractivity (Wildman–Crippen MR) is 172 cm³/mol. The second-order valence-corrected chi connectivity index (χ2v) is 11.4. The van der Waals surface area contributed by atoms with Gasteiger partial charge in [-0.15, -0.1) is 11.3 Å². The van der Waals surface area contributed by atoms with Crippen LogP contribution in [0, 0.1) is 22.7 Å². The van der Waals surface area contributed by atoms with Gasteiger partial charge in [0.2, 0.25) is 0 Å². The van der Waals surface area contributed by atoms with Crippen molar-refractivity contribution in [2.24, 2.45) is 0 Å². The van der Waals surface area contributed by atoms with Gasteiger partial charge in [-0.2, -0.15) is 10.5 Å². The molecule has 194 valence electrons. The van der Waals surface area contributed by atoms with Gasteiger partial charge in [-0.1, -0.05) is 66.7 Å². The zero-order valence-electron chi connectivity index (χ0n) is 22.3. The highest BCUT2D eigenvalue weighted by Crippen LogP contribution is 2.44. The number of fused-ring (bicyclic) bond motifs is 6. The molecule has 0 aliphatic carbocycles. The third-order valence-corrected chi connectivity index (χ3v) is 9.09. The van der Waals surface area contributed by atoms with E-state index in [2.05, 4.69) is 84.9 Å². The maximum Gasteiger partial charge on any atom is 0.136 e. The number of benzene rings is 6. The molecule has 0 N–H and O–H groups in total. The Hall–Kier alpha value is -5.68. The number of para-hydroxylation sites is 1. The summed E-state index contributed by atoms with van der Waals surface area (Å²) in [5.41, 5.74) is 8.27. The van der Waals surface area contributed by atoms with Gasteiger partial charge >= 0.3 is 0 Å². The van der Waals surface area contributed by atoms with E-state index in [9.17, 15) is 10.5 Å². The zero-order valence-corrected chi connectivity index (χ0v) is 23.1. The monoisotopic (exact) mass is 552 g/mol. The Balaban J connectivity index is 1.50. The minimum atomic E-state index is 0.475. The molecular weight excluding hydrogens is 532 g/mol. The largest absolute Gasteiger partial charge is 0.456 e. The maximum atomic E-state index is 10.1. The first-order valence-corrected chi connectivity index (χ1v) is 14.4. The Morgan fingerprint density at radius 2 is 1.07 bits per heavy atom. The number of rotatable bonds is 3. The van der Waals surface area contributed by atoms with Crippen LogP contribution in [-0.4, -0.2) is 0 Å². The van der Waals surface area contributed by atoms with Crippen LogP contribution in [-0.2, 0) is 0 Å². The van der Waals surface area contributed by atoms with Crippen molar-refractivity contribution in [2.45, 2.75) is 0 Å². The number of furan rings is 1. The van der Waals surface area contributed by atoms with Crippen LogP contribution in [0.15, 0.2) is 126 Å². The average Bonchev–Trinajstić information content (AvgIpc) is 3.62. The van der Waals surface area contributed by atoms with E-state index in [1.165, 1.54) is 20.2 Å². The molecule has 0 atom stereocenters. The summed E-state index contributed by atoms with van der Waals surface area (Å²) in [4.78, 5) is 0. The maximum absolute atomic E-state index is 10.1. The van der Waals surface area contributed by atoms with E-state index in [0.717, 1.165) is 49.8 Å². The SMILES string of the molecule is N#Cc1cccc(C#N)c1-c1cc(-c2cccc3oc4ccccc4c23)cc(-c2cccc3sc4ccccc4c23)c1. The molecule has 2 aromatic heterocycles. The van der Waals surface area contributed by atoms with Gasteiger partial charge in [0.05, 0.1) is 23.3 Å². The van der Waals surface area contributed by atoms with Crippen LogP contribution >= 0.6 is 11.3 Å². The summed E-state index contributed by atoms with van der Waals surface area (Å²) in [5, 5.41) is 24.7. The Morgan fingerprint density at radius 3 is 1.83 bits per heavy atom. The predicted octanol–water partition coefficient (Wildman–Crippen LogP) is 10.7. The minimum Gasteiger partial charge on any atom is -0.456 e. The highest BCUT2D eigenvalue weighted by molar-refractivity contribution is 7.25. The molecule has 0 radical (unpaired) electrons. The molecule has 0 spiro atoms. The summed E-state index contributed by atoms with van der Waals surface area (Å²) in [7, 11) is 0. The molecule has 0 aliphatic heterocycles. The van der Waals surface area contributed by atoms with Gasteiger partial charge in [-0.3, -0.25) is 0 Å². The molecular formula is C38H20N2OS. The molecule has 0 aliphatic rings. The molecule has 0 fully saturated rings. The molecule has 8 rings (SSSR count). The van der Waals surface area contributed by atoms with E-state index in [4.69, 9.17) is 4.42 Å². The second-order valence-electron chi connectivity index (χ2n) is 10.3. The lowest BCUT2D eigenvalue weighted by Gasteiger charge is -2.14. The molecule has 8 aromatic rings. The van der Waals surface area contributed by atoms with E-state index in [-0.39, 0.29) is 0 Å². The fourth-order valence-corrected chi connectivity index (χ4v) is 7.30. The van der Waals surface area contributed by atoms with Gasteiger partial charge in [0.25, 0.3) is 0 Å². The lowest BCUT2D eigenvalue weighted by atomic mass is 9.88. The Labute approximate surface area is 245 Å². The van der Waals surface area contributed by atoms with Crippen molar-refractivity contribution in [3.8, 4) is 45.5 Å². The van der Waals surface area contributed by atoms with Crippen LogP contribution < -0.4 is 0 Å². The fraction of sp³-hybridized carbons (Fsp3) is 0. The van der Waals surface area contributed by atoms with Crippen LogP contribution in [0.5, 0.6) is 0 Å². The molecule has 42 heavy (non-hydrogen) atoms. The van der Waals surface area contributed by atoms with E-state index in [0.29, 0.717) is 16.7 Å². The van der Waals surface area contributed by atoms with Crippen molar-refractivity contribution in [2.75, 3.05) is 0 Å². The number of hydrogen-bond acceptors (Lipinski definition) is 4. The Bertz CT molecular complexity index is 2280. The highest BCUT2D eigenvalue weighted by atomic mass is 32.1. The molecule has 6 aromatic carbocycles. The van der Waals surface area contributed by atoms with Gasteiger partial charge < -0.3 is 4.42 Å². The zero-order chi connectivity index (χ0) is 28.2. The van der Waals surface area contributed by atoms with E-state index >= 15 is 0 Å². The van der Waals surface area contributed by atoms with Crippen LogP contribution in [0.1, 0.15) is 11.1 Å².